The zero-order chi connectivity index (χ0) is 21.5. The highest BCUT2D eigenvalue weighted by atomic mass is 19.1. The molecule has 1 amide bonds. The number of aryl methyl sites for hydroxylation is 1. The Labute approximate surface area is 180 Å². The van der Waals surface area contributed by atoms with Crippen molar-refractivity contribution >= 4 is 5.91 Å². The minimum absolute atomic E-state index is 0.0740. The van der Waals surface area contributed by atoms with E-state index in [0.717, 1.165) is 38.4 Å². The van der Waals surface area contributed by atoms with Crippen LogP contribution in [0.25, 0.3) is 11.4 Å². The number of benzene rings is 2. The van der Waals surface area contributed by atoms with Crippen molar-refractivity contribution in [2.75, 3.05) is 26.3 Å². The highest BCUT2D eigenvalue weighted by molar-refractivity contribution is 5.76. The van der Waals surface area contributed by atoms with Crippen molar-refractivity contribution < 1.29 is 23.3 Å². The third-order valence-corrected chi connectivity index (χ3v) is 5.37. The fourth-order valence-electron chi connectivity index (χ4n) is 3.58. The number of rotatable bonds is 8. The summed E-state index contributed by atoms with van der Waals surface area (Å²) in [7, 11) is 0. The second kappa shape index (κ2) is 10.3. The molecule has 0 atom stereocenters. The average Bonchev–Trinajstić information content (AvgIpc) is 3.27. The van der Waals surface area contributed by atoms with Crippen molar-refractivity contribution in [1.82, 2.24) is 15.5 Å². The van der Waals surface area contributed by atoms with Crippen molar-refractivity contribution in [3.8, 4) is 11.4 Å². The van der Waals surface area contributed by atoms with E-state index in [9.17, 15) is 9.18 Å². The Hall–Kier alpha value is -3.10. The topological polar surface area (TPSA) is 81.7 Å². The summed E-state index contributed by atoms with van der Waals surface area (Å²) in [5.41, 5.74) is 3.05. The Bertz CT molecular complexity index is 1000. The molecule has 0 unspecified atom stereocenters. The number of nitrogens with zero attached hydrogens (tertiary/aromatic N) is 2. The van der Waals surface area contributed by atoms with Gasteiger partial charge in [0.15, 0.2) is 0 Å². The van der Waals surface area contributed by atoms with E-state index in [1.54, 1.807) is 12.1 Å². The van der Waals surface area contributed by atoms with E-state index in [2.05, 4.69) is 27.6 Å². The van der Waals surface area contributed by atoms with Gasteiger partial charge < -0.3 is 19.5 Å². The second-order valence-electron chi connectivity index (χ2n) is 7.60. The Morgan fingerprint density at radius 2 is 1.81 bits per heavy atom. The molecule has 1 saturated heterocycles. The van der Waals surface area contributed by atoms with E-state index in [-0.39, 0.29) is 18.1 Å². The molecule has 1 aliphatic heterocycles. The van der Waals surface area contributed by atoms with E-state index >= 15 is 0 Å². The van der Waals surface area contributed by atoms with Gasteiger partial charge in [0.2, 0.25) is 17.6 Å². The molecule has 2 heterocycles. The number of carbonyl (C=O) groups excluding carboxylic acids is 1. The van der Waals surface area contributed by atoms with E-state index in [0.29, 0.717) is 30.2 Å². The minimum Gasteiger partial charge on any atom is -0.370 e. The highest BCUT2D eigenvalue weighted by Gasteiger charge is 2.16. The second-order valence-corrected chi connectivity index (χ2v) is 7.60. The number of carbonyl (C=O) groups is 1. The van der Waals surface area contributed by atoms with Crippen LogP contribution in [-0.2, 0) is 29.0 Å². The number of morpholine rings is 1. The first-order valence-corrected chi connectivity index (χ1v) is 10.5. The lowest BCUT2D eigenvalue weighted by Crippen LogP contribution is -3.12. The highest BCUT2D eigenvalue weighted by Crippen LogP contribution is 2.16. The molecule has 2 aromatic carbocycles. The molecule has 0 aliphatic carbocycles. The van der Waals surface area contributed by atoms with Gasteiger partial charge in [-0.05, 0) is 29.8 Å². The van der Waals surface area contributed by atoms with Gasteiger partial charge in [-0.3, -0.25) is 4.79 Å². The lowest BCUT2D eigenvalue weighted by atomic mass is 10.1. The minimum atomic E-state index is -0.322. The smallest absolute Gasteiger partial charge is 0.227 e. The molecule has 1 fully saturated rings. The van der Waals surface area contributed by atoms with Gasteiger partial charge in [-0.15, -0.1) is 0 Å². The van der Waals surface area contributed by atoms with Crippen molar-refractivity contribution in [2.45, 2.75) is 25.9 Å². The number of hydrogen-bond donors (Lipinski definition) is 2. The molecule has 7 nitrogen and oxygen atoms in total. The molecule has 3 aromatic rings. The third-order valence-electron chi connectivity index (χ3n) is 5.37. The summed E-state index contributed by atoms with van der Waals surface area (Å²) >= 11 is 0. The molecule has 4 rings (SSSR count). The Morgan fingerprint density at radius 1 is 1.06 bits per heavy atom. The zero-order valence-electron chi connectivity index (χ0n) is 17.3. The predicted molar refractivity (Wildman–Crippen MR) is 112 cm³/mol. The standard InChI is InChI=1S/C23H25FN4O3/c24-20-7-5-17(6-8-20)23-26-22(31-27-23)10-9-21(29)25-15-18-3-1-2-4-19(18)16-28-11-13-30-14-12-28/h1-8H,9-16H2,(H,25,29)/p+1. The fourth-order valence-corrected chi connectivity index (χ4v) is 3.58. The van der Waals surface area contributed by atoms with Crippen LogP contribution < -0.4 is 10.2 Å². The summed E-state index contributed by atoms with van der Waals surface area (Å²) in [5.74, 6) is 0.368. The number of nitrogens with one attached hydrogen (secondary N) is 2. The molecule has 1 aliphatic rings. The molecule has 0 saturated carbocycles. The van der Waals surface area contributed by atoms with Crippen LogP contribution in [0.4, 0.5) is 4.39 Å². The van der Waals surface area contributed by atoms with Crippen molar-refractivity contribution in [3.63, 3.8) is 0 Å². The molecule has 2 N–H and O–H groups in total. The van der Waals surface area contributed by atoms with E-state index in [1.165, 1.54) is 22.6 Å². The van der Waals surface area contributed by atoms with E-state index in [4.69, 9.17) is 9.26 Å². The van der Waals surface area contributed by atoms with Gasteiger partial charge in [-0.1, -0.05) is 29.4 Å². The zero-order valence-corrected chi connectivity index (χ0v) is 17.3. The SMILES string of the molecule is O=C(CCc1nc(-c2ccc(F)cc2)no1)NCc1ccccc1C[NH+]1CCOCC1. The molecular weight excluding hydrogens is 399 g/mol. The van der Waals surface area contributed by atoms with Crippen LogP contribution in [0.3, 0.4) is 0 Å². The van der Waals surface area contributed by atoms with Gasteiger partial charge in [-0.25, -0.2) is 4.39 Å². The lowest BCUT2D eigenvalue weighted by molar-refractivity contribution is -0.921. The van der Waals surface area contributed by atoms with Gasteiger partial charge in [-0.2, -0.15) is 4.98 Å². The first-order valence-electron chi connectivity index (χ1n) is 10.5. The first-order chi connectivity index (χ1) is 15.2. The van der Waals surface area contributed by atoms with Crippen LogP contribution in [0.15, 0.2) is 53.1 Å². The maximum Gasteiger partial charge on any atom is 0.227 e. The molecule has 0 radical (unpaired) electrons. The molecule has 8 heteroatoms. The van der Waals surface area contributed by atoms with E-state index < -0.39 is 0 Å². The van der Waals surface area contributed by atoms with Crippen LogP contribution in [0.5, 0.6) is 0 Å². The molecule has 0 spiro atoms. The molecule has 1 aromatic heterocycles. The van der Waals surface area contributed by atoms with Gasteiger partial charge in [0.25, 0.3) is 0 Å². The maximum atomic E-state index is 13.0. The van der Waals surface area contributed by atoms with Crippen LogP contribution in [0.1, 0.15) is 23.4 Å². The van der Waals surface area contributed by atoms with Crippen LogP contribution in [0.2, 0.25) is 0 Å². The summed E-state index contributed by atoms with van der Waals surface area (Å²) in [4.78, 5) is 18.1. The number of ether oxygens (including phenoxy) is 1. The summed E-state index contributed by atoms with van der Waals surface area (Å²) < 4.78 is 23.7. The Kier molecular flexibility index (Phi) is 7.01. The number of hydrogen-bond acceptors (Lipinski definition) is 5. The lowest BCUT2D eigenvalue weighted by Gasteiger charge is -2.24. The van der Waals surface area contributed by atoms with Crippen LogP contribution in [-0.4, -0.2) is 42.4 Å². The first kappa shape index (κ1) is 21.1. The quantitative estimate of drug-likeness (QED) is 0.572. The number of quaternary nitrogens is 1. The summed E-state index contributed by atoms with van der Waals surface area (Å²) in [6, 6.07) is 14.1. The van der Waals surface area contributed by atoms with Gasteiger partial charge in [0, 0.05) is 30.5 Å². The Morgan fingerprint density at radius 3 is 2.58 bits per heavy atom. The average molecular weight is 425 g/mol. The Balaban J connectivity index is 1.27. The number of halogens is 1. The fraction of sp³-hybridized carbons (Fsp3) is 0.348. The van der Waals surface area contributed by atoms with Crippen molar-refractivity contribution in [2.24, 2.45) is 0 Å². The van der Waals surface area contributed by atoms with Crippen LogP contribution >= 0.6 is 0 Å². The van der Waals surface area contributed by atoms with Crippen molar-refractivity contribution in [3.05, 3.63) is 71.4 Å². The van der Waals surface area contributed by atoms with Gasteiger partial charge in [0.1, 0.15) is 25.5 Å². The number of aromatic nitrogens is 2. The molecular formula is C23H26FN4O3+. The summed E-state index contributed by atoms with van der Waals surface area (Å²) in [6.07, 6.45) is 0.599. The normalized spacial score (nSPS) is 14.5. The number of amides is 1. The van der Waals surface area contributed by atoms with Crippen LogP contribution in [0, 0.1) is 5.82 Å². The summed E-state index contributed by atoms with van der Waals surface area (Å²) in [6.45, 7) is 5.03. The summed E-state index contributed by atoms with van der Waals surface area (Å²) in [5, 5.41) is 6.89. The van der Waals surface area contributed by atoms with Crippen molar-refractivity contribution in [1.29, 1.82) is 0 Å². The predicted octanol–water partition coefficient (Wildman–Crippen LogP) is 1.54. The molecule has 162 valence electrons. The molecule has 0 bridgehead atoms. The van der Waals surface area contributed by atoms with Gasteiger partial charge >= 0.3 is 0 Å². The third kappa shape index (κ3) is 5.96. The van der Waals surface area contributed by atoms with Gasteiger partial charge in [0.05, 0.1) is 13.2 Å². The largest absolute Gasteiger partial charge is 0.370 e. The monoisotopic (exact) mass is 425 g/mol. The molecule has 31 heavy (non-hydrogen) atoms. The maximum absolute atomic E-state index is 13.0. The van der Waals surface area contributed by atoms with E-state index in [1.807, 2.05) is 12.1 Å².